The Bertz CT molecular complexity index is 651. The van der Waals surface area contributed by atoms with Crippen LogP contribution < -0.4 is 4.74 Å². The van der Waals surface area contributed by atoms with Crippen LogP contribution in [0.15, 0.2) is 30.5 Å². The molecule has 0 atom stereocenters. The number of rotatable bonds is 4. The molecule has 1 heterocycles. The number of aryl methyl sites for hydroxylation is 1. The predicted octanol–water partition coefficient (Wildman–Crippen LogP) is 1.62. The largest absolute Gasteiger partial charge is 0.475 e. The molecule has 0 spiro atoms. The highest BCUT2D eigenvalue weighted by Gasteiger charge is 2.20. The van der Waals surface area contributed by atoms with Crippen molar-refractivity contribution < 1.29 is 23.8 Å². The van der Waals surface area contributed by atoms with Gasteiger partial charge in [-0.25, -0.2) is 9.18 Å². The minimum Gasteiger partial charge on any atom is -0.475 e. The van der Waals surface area contributed by atoms with E-state index in [-0.39, 0.29) is 11.6 Å². The van der Waals surface area contributed by atoms with Crippen molar-refractivity contribution >= 4 is 11.8 Å². The molecule has 0 radical (unpaired) electrons. The Kier molecular flexibility index (Phi) is 3.28. The Hall–Kier alpha value is -2.70. The highest BCUT2D eigenvalue weighted by atomic mass is 19.1. The average molecular weight is 264 g/mol. The minimum absolute atomic E-state index is 0.129. The van der Waals surface area contributed by atoms with Gasteiger partial charge in [0, 0.05) is 19.3 Å². The maximum Gasteiger partial charge on any atom is 0.377 e. The van der Waals surface area contributed by atoms with Crippen molar-refractivity contribution in [2.45, 2.75) is 0 Å². The molecule has 0 bridgehead atoms. The van der Waals surface area contributed by atoms with Crippen molar-refractivity contribution in [3.63, 3.8) is 0 Å². The molecule has 2 rings (SSSR count). The van der Waals surface area contributed by atoms with E-state index >= 15 is 0 Å². The molecule has 0 fully saturated rings. The molecule has 0 aliphatic rings. The topological polar surface area (TPSA) is 81.4 Å². The molecule has 19 heavy (non-hydrogen) atoms. The van der Waals surface area contributed by atoms with Crippen molar-refractivity contribution in [1.29, 1.82) is 0 Å². The summed E-state index contributed by atoms with van der Waals surface area (Å²) in [5.41, 5.74) is -0.555. The number of ether oxygens (including phenoxy) is 1. The van der Waals surface area contributed by atoms with Crippen molar-refractivity contribution in [1.82, 2.24) is 9.78 Å². The van der Waals surface area contributed by atoms with Crippen LogP contribution in [0.25, 0.3) is 0 Å². The summed E-state index contributed by atoms with van der Waals surface area (Å²) in [7, 11) is 1.69. The highest BCUT2D eigenvalue weighted by Crippen LogP contribution is 2.22. The molecule has 1 aromatic heterocycles. The standard InChI is InChI=1S/C12H9FN2O4/c1-15-5-4-10(14-15)19-7-2-3-9(13)8(6-7)11(16)12(17)18/h2-6H,1H3,(H,17,18). The van der Waals surface area contributed by atoms with Crippen LogP contribution in [0.1, 0.15) is 10.4 Å². The van der Waals surface area contributed by atoms with Crippen LogP contribution in [0.3, 0.4) is 0 Å². The maximum absolute atomic E-state index is 13.4. The molecular formula is C12H9FN2O4. The van der Waals surface area contributed by atoms with Crippen LogP contribution in [0.4, 0.5) is 4.39 Å². The van der Waals surface area contributed by atoms with Gasteiger partial charge in [-0.3, -0.25) is 9.48 Å². The number of nitrogens with zero attached hydrogens (tertiary/aromatic N) is 2. The number of carbonyl (C=O) groups excluding carboxylic acids is 1. The molecule has 1 N–H and O–H groups in total. The van der Waals surface area contributed by atoms with E-state index in [0.717, 1.165) is 12.1 Å². The van der Waals surface area contributed by atoms with Gasteiger partial charge in [0.25, 0.3) is 5.78 Å². The Morgan fingerprint density at radius 3 is 2.68 bits per heavy atom. The zero-order valence-electron chi connectivity index (χ0n) is 9.83. The van der Waals surface area contributed by atoms with E-state index in [1.165, 1.54) is 10.7 Å². The molecule has 0 aliphatic heterocycles. The van der Waals surface area contributed by atoms with E-state index in [9.17, 15) is 14.0 Å². The molecule has 7 heteroatoms. The zero-order valence-corrected chi connectivity index (χ0v) is 9.83. The fraction of sp³-hybridized carbons (Fsp3) is 0.0833. The lowest BCUT2D eigenvalue weighted by molar-refractivity contribution is -0.131. The molecule has 6 nitrogen and oxygen atoms in total. The molecule has 0 saturated heterocycles. The lowest BCUT2D eigenvalue weighted by Gasteiger charge is -2.04. The Labute approximate surface area is 107 Å². The second-order valence-corrected chi connectivity index (χ2v) is 3.71. The summed E-state index contributed by atoms with van der Waals surface area (Å²) in [4.78, 5) is 21.8. The first-order valence-corrected chi connectivity index (χ1v) is 5.22. The van der Waals surface area contributed by atoms with E-state index in [4.69, 9.17) is 9.84 Å². The summed E-state index contributed by atoms with van der Waals surface area (Å²) in [6.07, 6.45) is 1.64. The fourth-order valence-corrected chi connectivity index (χ4v) is 1.43. The van der Waals surface area contributed by atoms with Gasteiger partial charge in [-0.2, -0.15) is 0 Å². The minimum atomic E-state index is -1.73. The molecular weight excluding hydrogens is 255 g/mol. The number of Topliss-reactive ketones (excluding diaryl/α,β-unsaturated/α-hetero) is 1. The van der Waals surface area contributed by atoms with Crippen molar-refractivity contribution in [2.24, 2.45) is 7.05 Å². The molecule has 2 aromatic rings. The van der Waals surface area contributed by atoms with Crippen LogP contribution in [0.5, 0.6) is 11.6 Å². The van der Waals surface area contributed by atoms with Crippen LogP contribution in [0, 0.1) is 5.82 Å². The van der Waals surface area contributed by atoms with Gasteiger partial charge in [-0.05, 0) is 18.2 Å². The van der Waals surface area contributed by atoms with E-state index in [0.29, 0.717) is 0 Å². The fourth-order valence-electron chi connectivity index (χ4n) is 1.43. The number of aliphatic carboxylic acids is 1. The number of halogens is 1. The first-order valence-electron chi connectivity index (χ1n) is 5.22. The Balaban J connectivity index is 2.30. The maximum atomic E-state index is 13.4. The molecule has 98 valence electrons. The average Bonchev–Trinajstić information content (AvgIpc) is 2.76. The number of carboxylic acids is 1. The van der Waals surface area contributed by atoms with Crippen LogP contribution >= 0.6 is 0 Å². The van der Waals surface area contributed by atoms with Gasteiger partial charge in [0.1, 0.15) is 11.6 Å². The number of ketones is 1. The number of aromatic nitrogens is 2. The first kappa shape index (κ1) is 12.7. The van der Waals surface area contributed by atoms with Crippen LogP contribution in [0.2, 0.25) is 0 Å². The lowest BCUT2D eigenvalue weighted by atomic mass is 10.1. The van der Waals surface area contributed by atoms with E-state index in [1.54, 1.807) is 19.3 Å². The molecule has 1 aromatic carbocycles. The number of hydrogen-bond acceptors (Lipinski definition) is 4. The van der Waals surface area contributed by atoms with E-state index < -0.39 is 23.1 Å². The third-order valence-electron chi connectivity index (χ3n) is 2.29. The first-order chi connectivity index (χ1) is 8.97. The zero-order chi connectivity index (χ0) is 14.0. The SMILES string of the molecule is Cn1ccc(Oc2ccc(F)c(C(=O)C(=O)O)c2)n1. The third-order valence-corrected chi connectivity index (χ3v) is 2.29. The predicted molar refractivity (Wildman–Crippen MR) is 61.6 cm³/mol. The van der Waals surface area contributed by atoms with Crippen LogP contribution in [-0.2, 0) is 11.8 Å². The van der Waals surface area contributed by atoms with Crippen molar-refractivity contribution in [3.05, 3.63) is 41.8 Å². The third kappa shape index (κ3) is 2.76. The lowest BCUT2D eigenvalue weighted by Crippen LogP contribution is -2.14. The molecule has 0 amide bonds. The second kappa shape index (κ2) is 4.89. The van der Waals surface area contributed by atoms with Crippen molar-refractivity contribution in [3.8, 4) is 11.6 Å². The number of carbonyl (C=O) groups is 2. The summed E-state index contributed by atoms with van der Waals surface area (Å²) >= 11 is 0. The number of hydrogen-bond donors (Lipinski definition) is 1. The monoisotopic (exact) mass is 264 g/mol. The normalized spacial score (nSPS) is 10.2. The summed E-state index contributed by atoms with van der Waals surface area (Å²) in [5, 5.41) is 12.5. The van der Waals surface area contributed by atoms with Gasteiger partial charge in [0.15, 0.2) is 0 Å². The summed E-state index contributed by atoms with van der Waals surface area (Å²) in [5.74, 6) is -3.59. The second-order valence-electron chi connectivity index (χ2n) is 3.71. The van der Waals surface area contributed by atoms with Gasteiger partial charge in [0.05, 0.1) is 5.56 Å². The van der Waals surface area contributed by atoms with Gasteiger partial charge in [-0.1, -0.05) is 0 Å². The highest BCUT2D eigenvalue weighted by molar-refractivity contribution is 6.39. The summed E-state index contributed by atoms with van der Waals surface area (Å²) in [6.45, 7) is 0. The Morgan fingerprint density at radius 1 is 1.37 bits per heavy atom. The van der Waals surface area contributed by atoms with Gasteiger partial charge < -0.3 is 9.84 Å². The van der Waals surface area contributed by atoms with Gasteiger partial charge in [-0.15, -0.1) is 5.10 Å². The van der Waals surface area contributed by atoms with Gasteiger partial charge >= 0.3 is 5.97 Å². The number of benzene rings is 1. The number of carboxylic acid groups (broad SMARTS) is 1. The molecule has 0 aliphatic carbocycles. The van der Waals surface area contributed by atoms with Crippen molar-refractivity contribution in [2.75, 3.05) is 0 Å². The van der Waals surface area contributed by atoms with E-state index in [2.05, 4.69) is 5.10 Å². The summed E-state index contributed by atoms with van der Waals surface area (Å²) < 4.78 is 20.1. The molecule has 0 saturated carbocycles. The quantitative estimate of drug-likeness (QED) is 0.670. The Morgan fingerprint density at radius 2 is 2.11 bits per heavy atom. The van der Waals surface area contributed by atoms with E-state index in [1.807, 2.05) is 0 Å². The van der Waals surface area contributed by atoms with Crippen LogP contribution in [-0.4, -0.2) is 26.6 Å². The smallest absolute Gasteiger partial charge is 0.377 e. The molecule has 0 unspecified atom stereocenters. The summed E-state index contributed by atoms with van der Waals surface area (Å²) in [6, 6.07) is 4.85. The van der Waals surface area contributed by atoms with Gasteiger partial charge in [0.2, 0.25) is 5.88 Å².